The molecule has 4 atom stereocenters. The number of fused-ring (bicyclic) bond motifs is 3. The van der Waals surface area contributed by atoms with E-state index in [2.05, 4.69) is 5.10 Å². The number of Topliss-reactive ketones (excluding diaryl/α,β-unsaturated/α-hetero) is 1. The van der Waals surface area contributed by atoms with Crippen LogP contribution in [0.25, 0.3) is 0 Å². The van der Waals surface area contributed by atoms with E-state index in [1.54, 1.807) is 74.0 Å². The van der Waals surface area contributed by atoms with E-state index in [0.717, 1.165) is 11.1 Å². The molecule has 8 heteroatoms. The molecule has 1 fully saturated rings. The fourth-order valence-electron chi connectivity index (χ4n) is 5.04. The van der Waals surface area contributed by atoms with Gasteiger partial charge in [0.05, 0.1) is 26.4 Å². The Labute approximate surface area is 196 Å². The highest BCUT2D eigenvalue weighted by atomic mass is 16.6. The van der Waals surface area contributed by atoms with E-state index in [1.165, 1.54) is 0 Å². The van der Waals surface area contributed by atoms with Gasteiger partial charge in [-0.05, 0) is 47.5 Å². The van der Waals surface area contributed by atoms with Crippen LogP contribution in [-0.2, 0) is 0 Å². The van der Waals surface area contributed by atoms with Crippen LogP contribution in [0.2, 0.25) is 0 Å². The van der Waals surface area contributed by atoms with Crippen molar-refractivity contribution in [2.45, 2.75) is 24.0 Å². The largest absolute Gasteiger partial charge is 0.497 e. The monoisotopic (exact) mass is 457 g/mol. The third-order valence-corrected chi connectivity index (χ3v) is 6.63. The number of carbonyl (C=O) groups is 1. The van der Waals surface area contributed by atoms with Crippen molar-refractivity contribution in [3.05, 3.63) is 105 Å². The standard InChI is InChI=1S/C26H23N3O5/c1-33-19-11-7-16(8-12-19)22-24(29(31)32)23-21-6-4-3-5-18(21)15-27-28(23)25(22)26(30)17-9-13-20(34-2)14-10-17/h3-15,22-25H,1-2H3/t22-,23+,24-,25+/m1/s1. The van der Waals surface area contributed by atoms with Crippen molar-refractivity contribution in [3.63, 3.8) is 0 Å². The number of hydrazone groups is 1. The molecule has 3 aromatic rings. The molecule has 0 saturated carbocycles. The Bertz CT molecular complexity index is 1260. The number of rotatable bonds is 6. The molecule has 2 aliphatic rings. The molecule has 1 saturated heterocycles. The smallest absolute Gasteiger partial charge is 0.248 e. The second kappa shape index (κ2) is 8.62. The van der Waals surface area contributed by atoms with Gasteiger partial charge in [-0.2, -0.15) is 5.10 Å². The van der Waals surface area contributed by atoms with Crippen LogP contribution in [0.1, 0.15) is 39.0 Å². The number of carbonyl (C=O) groups excluding carboxylic acids is 1. The first kappa shape index (κ1) is 21.6. The van der Waals surface area contributed by atoms with Gasteiger partial charge in [-0.3, -0.25) is 19.9 Å². The number of nitrogens with zero attached hydrogens (tertiary/aromatic N) is 3. The summed E-state index contributed by atoms with van der Waals surface area (Å²) in [6.07, 6.45) is 1.67. The van der Waals surface area contributed by atoms with Gasteiger partial charge in [-0.25, -0.2) is 0 Å². The van der Waals surface area contributed by atoms with E-state index in [4.69, 9.17) is 9.47 Å². The average molecular weight is 457 g/mol. The van der Waals surface area contributed by atoms with Gasteiger partial charge in [-0.1, -0.05) is 36.4 Å². The quantitative estimate of drug-likeness (QED) is 0.314. The summed E-state index contributed by atoms with van der Waals surface area (Å²) in [5.74, 6) is 0.317. The van der Waals surface area contributed by atoms with Crippen LogP contribution in [0.5, 0.6) is 11.5 Å². The third kappa shape index (κ3) is 3.48. The number of methoxy groups -OCH3 is 2. The number of hydrogen-bond acceptors (Lipinski definition) is 7. The molecule has 8 nitrogen and oxygen atoms in total. The highest BCUT2D eigenvalue weighted by Gasteiger charge is 2.60. The fourth-order valence-corrected chi connectivity index (χ4v) is 5.04. The van der Waals surface area contributed by atoms with Gasteiger partial charge >= 0.3 is 0 Å². The Kier molecular flexibility index (Phi) is 5.49. The van der Waals surface area contributed by atoms with E-state index >= 15 is 0 Å². The highest BCUT2D eigenvalue weighted by Crippen LogP contribution is 2.49. The molecular formula is C26H23N3O5. The van der Waals surface area contributed by atoms with Crippen molar-refractivity contribution < 1.29 is 19.2 Å². The first-order valence-electron chi connectivity index (χ1n) is 10.9. The molecule has 0 N–H and O–H groups in total. The summed E-state index contributed by atoms with van der Waals surface area (Å²) in [5, 5.41) is 18.7. The molecule has 2 aliphatic heterocycles. The molecule has 0 aromatic heterocycles. The minimum absolute atomic E-state index is 0.227. The Morgan fingerprint density at radius 3 is 2.18 bits per heavy atom. The second-order valence-electron chi connectivity index (χ2n) is 8.31. The average Bonchev–Trinajstić information content (AvgIpc) is 3.24. The number of ketones is 1. The van der Waals surface area contributed by atoms with Gasteiger partial charge in [0, 0.05) is 16.1 Å². The van der Waals surface area contributed by atoms with Gasteiger partial charge in [0.15, 0.2) is 5.78 Å². The summed E-state index contributed by atoms with van der Waals surface area (Å²) in [6.45, 7) is 0. The topological polar surface area (TPSA) is 94.3 Å². The molecule has 0 bridgehead atoms. The molecule has 34 heavy (non-hydrogen) atoms. The van der Waals surface area contributed by atoms with Gasteiger partial charge in [-0.15, -0.1) is 0 Å². The maximum absolute atomic E-state index is 13.9. The van der Waals surface area contributed by atoms with Gasteiger partial charge in [0.2, 0.25) is 6.04 Å². The summed E-state index contributed by atoms with van der Waals surface area (Å²) in [7, 11) is 3.12. The first-order valence-corrected chi connectivity index (χ1v) is 10.9. The lowest BCUT2D eigenvalue weighted by molar-refractivity contribution is -0.529. The van der Waals surface area contributed by atoms with E-state index in [1.807, 2.05) is 24.3 Å². The predicted molar refractivity (Wildman–Crippen MR) is 126 cm³/mol. The van der Waals surface area contributed by atoms with Gasteiger partial charge in [0.25, 0.3) is 0 Å². The molecule has 2 heterocycles. The lowest BCUT2D eigenvalue weighted by Crippen LogP contribution is -2.38. The first-order chi connectivity index (χ1) is 16.5. The molecule has 172 valence electrons. The summed E-state index contributed by atoms with van der Waals surface area (Å²) < 4.78 is 10.5. The molecule has 0 radical (unpaired) electrons. The van der Waals surface area contributed by atoms with Crippen LogP contribution >= 0.6 is 0 Å². The Hall–Kier alpha value is -4.20. The maximum atomic E-state index is 13.9. The number of hydrogen-bond donors (Lipinski definition) is 0. The van der Waals surface area contributed by atoms with E-state index < -0.39 is 24.0 Å². The normalized spacial score (nSPS) is 22.6. The molecule has 0 spiro atoms. The molecule has 0 aliphatic carbocycles. The van der Waals surface area contributed by atoms with Crippen molar-refractivity contribution in [2.75, 3.05) is 14.2 Å². The van der Waals surface area contributed by atoms with Crippen molar-refractivity contribution in [1.82, 2.24) is 5.01 Å². The van der Waals surface area contributed by atoms with E-state index in [0.29, 0.717) is 22.6 Å². The van der Waals surface area contributed by atoms with Crippen LogP contribution in [0, 0.1) is 10.1 Å². The van der Waals surface area contributed by atoms with Crippen molar-refractivity contribution in [1.29, 1.82) is 0 Å². The lowest BCUT2D eigenvalue weighted by atomic mass is 9.82. The van der Waals surface area contributed by atoms with E-state index in [-0.39, 0.29) is 10.7 Å². The molecule has 3 aromatic carbocycles. The lowest BCUT2D eigenvalue weighted by Gasteiger charge is -2.30. The highest BCUT2D eigenvalue weighted by molar-refractivity contribution is 6.01. The molecule has 0 amide bonds. The van der Waals surface area contributed by atoms with Gasteiger partial charge < -0.3 is 9.47 Å². The van der Waals surface area contributed by atoms with Crippen LogP contribution in [-0.4, -0.2) is 48.2 Å². The van der Waals surface area contributed by atoms with Crippen LogP contribution in [0.15, 0.2) is 77.9 Å². The fraction of sp³-hybridized carbons (Fsp3) is 0.231. The predicted octanol–water partition coefficient (Wildman–Crippen LogP) is 4.09. The minimum atomic E-state index is -1.07. The van der Waals surface area contributed by atoms with Crippen molar-refractivity contribution in [2.24, 2.45) is 5.10 Å². The van der Waals surface area contributed by atoms with Crippen LogP contribution in [0.4, 0.5) is 0 Å². The zero-order chi connectivity index (χ0) is 23.8. The van der Waals surface area contributed by atoms with Crippen molar-refractivity contribution in [3.8, 4) is 11.5 Å². The second-order valence-corrected chi connectivity index (χ2v) is 8.31. The maximum Gasteiger partial charge on any atom is 0.248 e. The molecule has 0 unspecified atom stereocenters. The third-order valence-electron chi connectivity index (χ3n) is 6.63. The Balaban J connectivity index is 1.67. The number of ether oxygens (including phenoxy) is 2. The SMILES string of the molecule is COc1ccc(C(=O)[C@@H]2[C@H](c3ccc(OC)cc3)[C@@H]([N+](=O)[O-])[C@@H]3c4ccccc4C=NN23)cc1. The number of nitro groups is 1. The van der Waals surface area contributed by atoms with Gasteiger partial charge in [0.1, 0.15) is 23.6 Å². The molecule has 5 rings (SSSR count). The van der Waals surface area contributed by atoms with Crippen molar-refractivity contribution >= 4 is 12.0 Å². The summed E-state index contributed by atoms with van der Waals surface area (Å²) in [4.78, 5) is 26.1. The summed E-state index contributed by atoms with van der Waals surface area (Å²) >= 11 is 0. The van der Waals surface area contributed by atoms with Crippen LogP contribution < -0.4 is 9.47 Å². The molecular weight excluding hydrogens is 434 g/mol. The minimum Gasteiger partial charge on any atom is -0.497 e. The summed E-state index contributed by atoms with van der Waals surface area (Å²) in [5.41, 5.74) is 2.75. The van der Waals surface area contributed by atoms with E-state index in [9.17, 15) is 14.9 Å². The summed E-state index contributed by atoms with van der Waals surface area (Å²) in [6, 6.07) is 18.8. The Morgan fingerprint density at radius 1 is 0.941 bits per heavy atom. The number of benzene rings is 3. The van der Waals surface area contributed by atoms with Crippen LogP contribution in [0.3, 0.4) is 0 Å². The zero-order valence-corrected chi connectivity index (χ0v) is 18.7. The zero-order valence-electron chi connectivity index (χ0n) is 18.7. The Morgan fingerprint density at radius 2 is 1.56 bits per heavy atom.